The van der Waals surface area contributed by atoms with Gasteiger partial charge in [0.1, 0.15) is 18.2 Å². The third-order valence-corrected chi connectivity index (χ3v) is 2.53. The molecule has 0 amide bonds. The number of aryl methyl sites for hydroxylation is 1. The van der Waals surface area contributed by atoms with Crippen molar-refractivity contribution in [2.75, 3.05) is 18.6 Å². The number of rotatable bonds is 8. The summed E-state index contributed by atoms with van der Waals surface area (Å²) in [7, 11) is 0. The summed E-state index contributed by atoms with van der Waals surface area (Å²) in [6, 6.07) is 0. The average Bonchev–Trinajstić information content (AvgIpc) is 2.37. The highest BCUT2D eigenvalue weighted by molar-refractivity contribution is 5.47. The molecule has 19 heavy (non-hydrogen) atoms. The number of aromatic nitrogens is 2. The Bertz CT molecular complexity index is 396. The van der Waals surface area contributed by atoms with Crippen molar-refractivity contribution in [2.24, 2.45) is 5.84 Å². The van der Waals surface area contributed by atoms with Gasteiger partial charge in [0, 0.05) is 6.42 Å². The van der Waals surface area contributed by atoms with Crippen molar-refractivity contribution in [1.82, 2.24) is 9.97 Å². The molecule has 0 bridgehead atoms. The van der Waals surface area contributed by atoms with E-state index in [1.807, 2.05) is 20.8 Å². The first-order valence-corrected chi connectivity index (χ1v) is 6.67. The number of hydrogen-bond acceptors (Lipinski definition) is 6. The van der Waals surface area contributed by atoms with Crippen LogP contribution >= 0.6 is 0 Å². The van der Waals surface area contributed by atoms with Gasteiger partial charge in [0.2, 0.25) is 5.88 Å². The summed E-state index contributed by atoms with van der Waals surface area (Å²) >= 11 is 0. The van der Waals surface area contributed by atoms with Gasteiger partial charge in [-0.15, -0.1) is 0 Å². The Kier molecular flexibility index (Phi) is 6.52. The van der Waals surface area contributed by atoms with Crippen molar-refractivity contribution in [3.05, 3.63) is 11.4 Å². The maximum absolute atomic E-state index is 5.65. The largest absolute Gasteiger partial charge is 0.475 e. The zero-order valence-corrected chi connectivity index (χ0v) is 12.2. The van der Waals surface area contributed by atoms with Crippen molar-refractivity contribution in [1.29, 1.82) is 0 Å². The predicted octanol–water partition coefficient (Wildman–Crippen LogP) is 1.83. The minimum atomic E-state index is 0.201. The Morgan fingerprint density at radius 3 is 2.58 bits per heavy atom. The number of hydrazine groups is 1. The SMILES string of the molecule is CCCc1nc(NN)c(C)c(OCCOC(C)C)n1. The highest BCUT2D eigenvalue weighted by atomic mass is 16.5. The number of nitrogens with one attached hydrogen (secondary N) is 1. The van der Waals surface area contributed by atoms with E-state index < -0.39 is 0 Å². The normalized spacial score (nSPS) is 10.8. The standard InChI is InChI=1S/C13H24N4O2/c1-5-6-11-15-12(17-14)10(4)13(16-11)19-8-7-18-9(2)3/h9H,5-8,14H2,1-4H3,(H,15,16,17). The maximum atomic E-state index is 5.65. The summed E-state index contributed by atoms with van der Waals surface area (Å²) in [5.74, 6) is 7.37. The number of ether oxygens (including phenoxy) is 2. The number of anilines is 1. The smallest absolute Gasteiger partial charge is 0.221 e. The monoisotopic (exact) mass is 268 g/mol. The van der Waals surface area contributed by atoms with Gasteiger partial charge in [-0.25, -0.2) is 10.8 Å². The van der Waals surface area contributed by atoms with Gasteiger partial charge in [-0.1, -0.05) is 6.92 Å². The molecule has 0 radical (unpaired) electrons. The lowest BCUT2D eigenvalue weighted by Gasteiger charge is -2.13. The van der Waals surface area contributed by atoms with E-state index >= 15 is 0 Å². The molecule has 0 unspecified atom stereocenters. The lowest BCUT2D eigenvalue weighted by molar-refractivity contribution is 0.0540. The first kappa shape index (κ1) is 15.7. The van der Waals surface area contributed by atoms with E-state index in [2.05, 4.69) is 22.3 Å². The molecule has 1 heterocycles. The molecule has 0 aliphatic carbocycles. The van der Waals surface area contributed by atoms with E-state index in [1.54, 1.807) is 0 Å². The van der Waals surface area contributed by atoms with Gasteiger partial charge in [-0.05, 0) is 27.2 Å². The molecule has 0 saturated heterocycles. The van der Waals surface area contributed by atoms with Gasteiger partial charge >= 0.3 is 0 Å². The molecule has 0 spiro atoms. The number of nitrogens with two attached hydrogens (primary N) is 1. The van der Waals surface area contributed by atoms with Crippen molar-refractivity contribution in [3.63, 3.8) is 0 Å². The van der Waals surface area contributed by atoms with E-state index in [9.17, 15) is 0 Å². The molecule has 1 aromatic rings. The molecule has 6 heteroatoms. The third-order valence-electron chi connectivity index (χ3n) is 2.53. The molecule has 3 N–H and O–H groups in total. The fourth-order valence-corrected chi connectivity index (χ4v) is 1.58. The summed E-state index contributed by atoms with van der Waals surface area (Å²) < 4.78 is 11.1. The molecule has 0 aliphatic rings. The quantitative estimate of drug-likeness (QED) is 0.425. The first-order chi connectivity index (χ1) is 9.08. The van der Waals surface area contributed by atoms with E-state index in [4.69, 9.17) is 15.3 Å². The van der Waals surface area contributed by atoms with Crippen molar-refractivity contribution in [3.8, 4) is 5.88 Å². The Morgan fingerprint density at radius 1 is 1.26 bits per heavy atom. The Labute approximate surface area is 114 Å². The molecule has 6 nitrogen and oxygen atoms in total. The Balaban J connectivity index is 2.71. The fourth-order valence-electron chi connectivity index (χ4n) is 1.58. The van der Waals surface area contributed by atoms with Gasteiger partial charge in [0.15, 0.2) is 0 Å². The van der Waals surface area contributed by atoms with Gasteiger partial charge in [0.25, 0.3) is 0 Å². The van der Waals surface area contributed by atoms with Crippen molar-refractivity contribution in [2.45, 2.75) is 46.6 Å². The summed E-state index contributed by atoms with van der Waals surface area (Å²) in [5, 5.41) is 0. The minimum absolute atomic E-state index is 0.201. The predicted molar refractivity (Wildman–Crippen MR) is 75.2 cm³/mol. The summed E-state index contributed by atoms with van der Waals surface area (Å²) in [4.78, 5) is 8.74. The van der Waals surface area contributed by atoms with Gasteiger partial charge in [-0.2, -0.15) is 4.98 Å². The highest BCUT2D eigenvalue weighted by Gasteiger charge is 2.11. The van der Waals surface area contributed by atoms with Gasteiger partial charge in [0.05, 0.1) is 18.3 Å². The zero-order chi connectivity index (χ0) is 14.3. The number of nitrogen functional groups attached to an aromatic ring is 1. The molecular weight excluding hydrogens is 244 g/mol. The Morgan fingerprint density at radius 2 is 2.00 bits per heavy atom. The molecule has 0 fully saturated rings. The summed E-state index contributed by atoms with van der Waals surface area (Å²) in [6.07, 6.45) is 1.98. The number of hydrogen-bond donors (Lipinski definition) is 2. The minimum Gasteiger partial charge on any atom is -0.475 e. The van der Waals surface area contributed by atoms with Crippen LogP contribution in [0.3, 0.4) is 0 Å². The summed E-state index contributed by atoms with van der Waals surface area (Å²) in [5.41, 5.74) is 3.39. The van der Waals surface area contributed by atoms with Crippen LogP contribution in [0.15, 0.2) is 0 Å². The van der Waals surface area contributed by atoms with Crippen LogP contribution in [0.2, 0.25) is 0 Å². The van der Waals surface area contributed by atoms with E-state index in [0.29, 0.717) is 24.9 Å². The number of nitrogens with zero attached hydrogens (tertiary/aromatic N) is 2. The highest BCUT2D eigenvalue weighted by Crippen LogP contribution is 2.21. The van der Waals surface area contributed by atoms with Crippen LogP contribution in [0.1, 0.15) is 38.6 Å². The molecule has 0 atom stereocenters. The van der Waals surface area contributed by atoms with E-state index in [0.717, 1.165) is 24.2 Å². The van der Waals surface area contributed by atoms with Crippen LogP contribution in [-0.4, -0.2) is 29.3 Å². The van der Waals surface area contributed by atoms with Crippen molar-refractivity contribution >= 4 is 5.82 Å². The van der Waals surface area contributed by atoms with Crippen molar-refractivity contribution < 1.29 is 9.47 Å². The molecule has 1 rings (SSSR count). The van der Waals surface area contributed by atoms with Gasteiger partial charge in [-0.3, -0.25) is 0 Å². The first-order valence-electron chi connectivity index (χ1n) is 6.67. The van der Waals surface area contributed by atoms with Crippen LogP contribution in [0.5, 0.6) is 5.88 Å². The second-order valence-electron chi connectivity index (χ2n) is 4.58. The summed E-state index contributed by atoms with van der Waals surface area (Å²) in [6.45, 7) is 8.94. The van der Waals surface area contributed by atoms with Crippen LogP contribution < -0.4 is 16.0 Å². The molecule has 108 valence electrons. The lowest BCUT2D eigenvalue weighted by atomic mass is 10.3. The molecule has 0 aromatic carbocycles. The molecule has 1 aromatic heterocycles. The average molecular weight is 268 g/mol. The molecule has 0 saturated carbocycles. The van der Waals surface area contributed by atoms with Crippen LogP contribution in [0.25, 0.3) is 0 Å². The zero-order valence-electron chi connectivity index (χ0n) is 12.2. The van der Waals surface area contributed by atoms with Gasteiger partial charge < -0.3 is 14.9 Å². The topological polar surface area (TPSA) is 82.3 Å². The molecule has 0 aliphatic heterocycles. The van der Waals surface area contributed by atoms with Crippen LogP contribution in [-0.2, 0) is 11.2 Å². The van der Waals surface area contributed by atoms with E-state index in [1.165, 1.54) is 0 Å². The fraction of sp³-hybridized carbons (Fsp3) is 0.692. The second-order valence-corrected chi connectivity index (χ2v) is 4.58. The van der Waals surface area contributed by atoms with E-state index in [-0.39, 0.29) is 6.10 Å². The maximum Gasteiger partial charge on any atom is 0.221 e. The lowest BCUT2D eigenvalue weighted by Crippen LogP contribution is -2.16. The molecular formula is C13H24N4O2. The second kappa shape index (κ2) is 7.91. The Hall–Kier alpha value is -1.40. The third kappa shape index (κ3) is 5.00. The van der Waals surface area contributed by atoms with Crippen LogP contribution in [0, 0.1) is 6.92 Å². The van der Waals surface area contributed by atoms with Crippen LogP contribution in [0.4, 0.5) is 5.82 Å².